The molecule has 0 unspecified atom stereocenters. The summed E-state index contributed by atoms with van der Waals surface area (Å²) >= 11 is 1.66. The Morgan fingerprint density at radius 2 is 2.00 bits per heavy atom. The lowest BCUT2D eigenvalue weighted by atomic mass is 10.3. The lowest BCUT2D eigenvalue weighted by Gasteiger charge is -2.04. The molecule has 0 amide bonds. The van der Waals surface area contributed by atoms with Gasteiger partial charge in [0, 0.05) is 23.0 Å². The first kappa shape index (κ1) is 12.6. The third-order valence-corrected chi connectivity index (χ3v) is 3.20. The van der Waals surface area contributed by atoms with E-state index in [9.17, 15) is 4.79 Å². The lowest BCUT2D eigenvalue weighted by molar-refractivity contribution is 0.0530. The van der Waals surface area contributed by atoms with Gasteiger partial charge in [0.15, 0.2) is 0 Å². The Morgan fingerprint density at radius 1 is 1.17 bits per heavy atom. The van der Waals surface area contributed by atoms with Crippen LogP contribution < -0.4 is 0 Å². The smallest absolute Gasteiger partial charge is 0.339 e. The number of carbonyl (C=O) groups excluding carboxylic acids is 1. The van der Waals surface area contributed by atoms with Crippen LogP contribution in [0.2, 0.25) is 0 Å². The molecule has 1 aromatic carbocycles. The van der Waals surface area contributed by atoms with Crippen molar-refractivity contribution in [3.63, 3.8) is 0 Å². The van der Waals surface area contributed by atoms with E-state index in [0.717, 1.165) is 5.75 Å². The van der Waals surface area contributed by atoms with Gasteiger partial charge in [0.1, 0.15) is 6.61 Å². The molecule has 0 saturated carbocycles. The normalized spacial score (nSPS) is 10.0. The highest BCUT2D eigenvalue weighted by atomic mass is 32.2. The van der Waals surface area contributed by atoms with Crippen molar-refractivity contribution >= 4 is 17.7 Å². The van der Waals surface area contributed by atoms with E-state index in [4.69, 9.17) is 4.74 Å². The van der Waals surface area contributed by atoms with E-state index in [1.807, 2.05) is 30.3 Å². The molecule has 0 aliphatic rings. The number of hydrogen-bond donors (Lipinski definition) is 0. The van der Waals surface area contributed by atoms with Gasteiger partial charge in [-0.3, -0.25) is 4.98 Å². The van der Waals surface area contributed by atoms with E-state index in [0.29, 0.717) is 12.2 Å². The molecule has 0 atom stereocenters. The number of ether oxygens (including phenoxy) is 1. The highest BCUT2D eigenvalue weighted by Gasteiger charge is 2.05. The molecule has 0 bridgehead atoms. The third-order valence-electron chi connectivity index (χ3n) is 2.23. The van der Waals surface area contributed by atoms with Crippen LogP contribution in [0.15, 0.2) is 59.8 Å². The average molecular weight is 259 g/mol. The number of aromatic nitrogens is 1. The van der Waals surface area contributed by atoms with Crippen LogP contribution in [-0.4, -0.2) is 23.3 Å². The van der Waals surface area contributed by atoms with Gasteiger partial charge >= 0.3 is 5.97 Å². The molecule has 1 heterocycles. The van der Waals surface area contributed by atoms with Gasteiger partial charge in [-0.05, 0) is 24.3 Å². The maximum absolute atomic E-state index is 11.6. The van der Waals surface area contributed by atoms with Crippen molar-refractivity contribution in [2.45, 2.75) is 4.90 Å². The highest BCUT2D eigenvalue weighted by molar-refractivity contribution is 7.99. The minimum Gasteiger partial charge on any atom is -0.461 e. The number of thioether (sulfide) groups is 1. The molecule has 4 heteroatoms. The Balaban J connectivity index is 1.72. The van der Waals surface area contributed by atoms with Gasteiger partial charge in [-0.25, -0.2) is 4.79 Å². The first-order chi connectivity index (χ1) is 8.86. The average Bonchev–Trinajstić information content (AvgIpc) is 2.45. The largest absolute Gasteiger partial charge is 0.461 e. The quantitative estimate of drug-likeness (QED) is 0.470. The number of esters is 1. The Labute approximate surface area is 110 Å². The van der Waals surface area contributed by atoms with Crippen molar-refractivity contribution in [1.29, 1.82) is 0 Å². The summed E-state index contributed by atoms with van der Waals surface area (Å²) in [7, 11) is 0. The number of pyridine rings is 1. The summed E-state index contributed by atoms with van der Waals surface area (Å²) in [6.07, 6.45) is 3.13. The summed E-state index contributed by atoms with van der Waals surface area (Å²) in [4.78, 5) is 16.6. The second-order valence-electron chi connectivity index (χ2n) is 3.54. The fourth-order valence-electron chi connectivity index (χ4n) is 1.38. The first-order valence-electron chi connectivity index (χ1n) is 5.61. The highest BCUT2D eigenvalue weighted by Crippen LogP contribution is 2.16. The molecule has 0 aliphatic carbocycles. The summed E-state index contributed by atoms with van der Waals surface area (Å²) in [5.41, 5.74) is 0.488. The second-order valence-corrected chi connectivity index (χ2v) is 4.71. The maximum Gasteiger partial charge on any atom is 0.339 e. The first-order valence-corrected chi connectivity index (χ1v) is 6.60. The van der Waals surface area contributed by atoms with Crippen molar-refractivity contribution in [3.05, 3.63) is 60.4 Å². The summed E-state index contributed by atoms with van der Waals surface area (Å²) in [6.45, 7) is 0.396. The molecular formula is C14H13NO2S. The molecule has 0 saturated heterocycles. The number of nitrogens with zero attached hydrogens (tertiary/aromatic N) is 1. The predicted octanol–water partition coefficient (Wildman–Crippen LogP) is 3.03. The number of benzene rings is 1. The molecule has 0 spiro atoms. The van der Waals surface area contributed by atoms with E-state index >= 15 is 0 Å². The SMILES string of the molecule is O=C(OCCSc1ccccc1)c1cccnc1. The van der Waals surface area contributed by atoms with E-state index in [2.05, 4.69) is 4.98 Å². The van der Waals surface area contributed by atoms with E-state index in [1.165, 1.54) is 11.1 Å². The monoisotopic (exact) mass is 259 g/mol. The fourth-order valence-corrected chi connectivity index (χ4v) is 2.13. The van der Waals surface area contributed by atoms with Gasteiger partial charge in [-0.15, -0.1) is 11.8 Å². The van der Waals surface area contributed by atoms with E-state index < -0.39 is 0 Å². The van der Waals surface area contributed by atoms with Gasteiger partial charge in [0.25, 0.3) is 0 Å². The number of hydrogen-bond acceptors (Lipinski definition) is 4. The van der Waals surface area contributed by atoms with Crippen LogP contribution >= 0.6 is 11.8 Å². The Hall–Kier alpha value is -1.81. The zero-order chi connectivity index (χ0) is 12.6. The van der Waals surface area contributed by atoms with Gasteiger partial charge in [-0.2, -0.15) is 0 Å². The van der Waals surface area contributed by atoms with Crippen molar-refractivity contribution in [3.8, 4) is 0 Å². The Morgan fingerprint density at radius 3 is 2.72 bits per heavy atom. The Bertz CT molecular complexity index is 488. The molecule has 2 rings (SSSR count). The summed E-state index contributed by atoms with van der Waals surface area (Å²) in [5, 5.41) is 0. The van der Waals surface area contributed by atoms with Gasteiger partial charge < -0.3 is 4.74 Å². The third kappa shape index (κ3) is 3.89. The summed E-state index contributed by atoms with van der Waals surface area (Å²) in [6, 6.07) is 13.4. The molecule has 0 N–H and O–H groups in total. The van der Waals surface area contributed by atoms with Crippen LogP contribution in [0, 0.1) is 0 Å². The minimum atomic E-state index is -0.322. The van der Waals surface area contributed by atoms with Crippen molar-refractivity contribution < 1.29 is 9.53 Å². The van der Waals surface area contributed by atoms with Crippen LogP contribution in [0.1, 0.15) is 10.4 Å². The molecular weight excluding hydrogens is 246 g/mol. The van der Waals surface area contributed by atoms with Crippen molar-refractivity contribution in [1.82, 2.24) is 4.98 Å². The van der Waals surface area contributed by atoms with Crippen molar-refractivity contribution in [2.75, 3.05) is 12.4 Å². The molecule has 2 aromatic rings. The molecule has 92 valence electrons. The number of carbonyl (C=O) groups is 1. The van der Waals surface area contributed by atoms with Gasteiger partial charge in [-0.1, -0.05) is 18.2 Å². The zero-order valence-corrected chi connectivity index (χ0v) is 10.6. The molecule has 1 aromatic heterocycles. The number of rotatable bonds is 5. The van der Waals surface area contributed by atoms with Gasteiger partial charge in [0.2, 0.25) is 0 Å². The molecule has 3 nitrogen and oxygen atoms in total. The Kier molecular flexibility index (Phi) is 4.78. The zero-order valence-electron chi connectivity index (χ0n) is 9.78. The van der Waals surface area contributed by atoms with Crippen LogP contribution in [0.4, 0.5) is 0 Å². The second kappa shape index (κ2) is 6.81. The summed E-state index contributed by atoms with van der Waals surface area (Å²) in [5.74, 6) is 0.424. The minimum absolute atomic E-state index is 0.322. The van der Waals surface area contributed by atoms with Gasteiger partial charge in [0.05, 0.1) is 5.56 Å². The van der Waals surface area contributed by atoms with Crippen LogP contribution in [0.5, 0.6) is 0 Å². The van der Waals surface area contributed by atoms with E-state index in [-0.39, 0.29) is 5.97 Å². The molecule has 0 radical (unpaired) electrons. The van der Waals surface area contributed by atoms with Crippen LogP contribution in [0.25, 0.3) is 0 Å². The lowest BCUT2D eigenvalue weighted by Crippen LogP contribution is -2.07. The molecule has 0 aliphatic heterocycles. The van der Waals surface area contributed by atoms with E-state index in [1.54, 1.807) is 30.1 Å². The maximum atomic E-state index is 11.6. The summed E-state index contributed by atoms with van der Waals surface area (Å²) < 4.78 is 5.15. The van der Waals surface area contributed by atoms with Crippen molar-refractivity contribution in [2.24, 2.45) is 0 Å². The van der Waals surface area contributed by atoms with Crippen LogP contribution in [0.3, 0.4) is 0 Å². The fraction of sp³-hybridized carbons (Fsp3) is 0.143. The topological polar surface area (TPSA) is 39.2 Å². The van der Waals surface area contributed by atoms with Crippen LogP contribution in [-0.2, 0) is 4.74 Å². The predicted molar refractivity (Wildman–Crippen MR) is 71.7 cm³/mol. The molecule has 0 fully saturated rings. The molecule has 18 heavy (non-hydrogen) atoms. The standard InChI is InChI=1S/C14H13NO2S/c16-14(12-5-4-8-15-11-12)17-9-10-18-13-6-2-1-3-7-13/h1-8,11H,9-10H2.